The highest BCUT2D eigenvalue weighted by atomic mass is 16.1. The van der Waals surface area contributed by atoms with Gasteiger partial charge in [0.2, 0.25) is 5.91 Å². The molecule has 0 aromatic heterocycles. The predicted molar refractivity (Wildman–Crippen MR) is 74.0 cm³/mol. The summed E-state index contributed by atoms with van der Waals surface area (Å²) in [6.45, 7) is 4.09. The van der Waals surface area contributed by atoms with Crippen molar-refractivity contribution < 1.29 is 4.79 Å². The van der Waals surface area contributed by atoms with Crippen molar-refractivity contribution in [2.45, 2.75) is 51.5 Å². The topological polar surface area (TPSA) is 70.1 Å². The smallest absolute Gasteiger partial charge is 0.220 e. The van der Waals surface area contributed by atoms with E-state index in [0.29, 0.717) is 6.04 Å². The standard InChI is InChI=1S/C15H25N3O/c1-2-11-3-4-13(10-16)14(9-11)18-7-5-12(6-8-18)15(17)19/h11-14H,2-9H2,1H3,(H2,17,19). The summed E-state index contributed by atoms with van der Waals surface area (Å²) in [7, 11) is 0. The molecule has 1 heterocycles. The van der Waals surface area contributed by atoms with E-state index in [-0.39, 0.29) is 17.7 Å². The maximum atomic E-state index is 11.2. The van der Waals surface area contributed by atoms with Crippen molar-refractivity contribution in [3.63, 3.8) is 0 Å². The number of piperidine rings is 1. The van der Waals surface area contributed by atoms with E-state index < -0.39 is 0 Å². The van der Waals surface area contributed by atoms with Crippen LogP contribution in [0.15, 0.2) is 0 Å². The molecule has 2 N–H and O–H groups in total. The molecule has 4 heteroatoms. The average Bonchev–Trinajstić information content (AvgIpc) is 2.46. The highest BCUT2D eigenvalue weighted by Gasteiger charge is 2.36. The Morgan fingerprint density at radius 2 is 2.00 bits per heavy atom. The van der Waals surface area contributed by atoms with E-state index in [1.165, 1.54) is 12.8 Å². The number of carbonyl (C=O) groups is 1. The van der Waals surface area contributed by atoms with Crippen LogP contribution >= 0.6 is 0 Å². The molecule has 0 aromatic carbocycles. The lowest BCUT2D eigenvalue weighted by atomic mass is 9.76. The monoisotopic (exact) mass is 263 g/mol. The number of likely N-dealkylation sites (tertiary alicyclic amines) is 1. The van der Waals surface area contributed by atoms with Gasteiger partial charge in [-0.25, -0.2) is 0 Å². The second-order valence-corrected chi connectivity index (χ2v) is 6.10. The number of primary amides is 1. The molecule has 1 saturated heterocycles. The van der Waals surface area contributed by atoms with Crippen molar-refractivity contribution in [2.75, 3.05) is 13.1 Å². The molecule has 0 spiro atoms. The van der Waals surface area contributed by atoms with Crippen LogP contribution in [0.1, 0.15) is 45.4 Å². The molecule has 1 aliphatic heterocycles. The van der Waals surface area contributed by atoms with Gasteiger partial charge in [-0.1, -0.05) is 13.3 Å². The van der Waals surface area contributed by atoms with E-state index in [1.54, 1.807) is 0 Å². The Morgan fingerprint density at radius 3 is 2.53 bits per heavy atom. The number of nitrogens with zero attached hydrogens (tertiary/aromatic N) is 2. The highest BCUT2D eigenvalue weighted by molar-refractivity contribution is 5.76. The molecule has 1 amide bonds. The first-order valence-corrected chi connectivity index (χ1v) is 7.58. The Balaban J connectivity index is 1.95. The lowest BCUT2D eigenvalue weighted by Gasteiger charge is -2.43. The van der Waals surface area contributed by atoms with Crippen molar-refractivity contribution in [1.29, 1.82) is 5.26 Å². The quantitative estimate of drug-likeness (QED) is 0.845. The highest BCUT2D eigenvalue weighted by Crippen LogP contribution is 2.35. The first-order chi connectivity index (χ1) is 9.15. The third-order valence-corrected chi connectivity index (χ3v) is 5.07. The normalized spacial score (nSPS) is 33.8. The van der Waals surface area contributed by atoms with Gasteiger partial charge in [0, 0.05) is 12.0 Å². The van der Waals surface area contributed by atoms with Crippen molar-refractivity contribution in [1.82, 2.24) is 4.90 Å². The Labute approximate surface area is 115 Å². The Bertz CT molecular complexity index is 355. The molecule has 3 unspecified atom stereocenters. The summed E-state index contributed by atoms with van der Waals surface area (Å²) in [4.78, 5) is 13.6. The van der Waals surface area contributed by atoms with E-state index in [2.05, 4.69) is 17.9 Å². The van der Waals surface area contributed by atoms with Crippen LogP contribution < -0.4 is 5.73 Å². The lowest BCUT2D eigenvalue weighted by Crippen LogP contribution is -2.49. The molecule has 2 rings (SSSR count). The van der Waals surface area contributed by atoms with Crippen molar-refractivity contribution in [2.24, 2.45) is 23.5 Å². The second-order valence-electron chi connectivity index (χ2n) is 6.10. The third kappa shape index (κ3) is 3.27. The molecule has 0 radical (unpaired) electrons. The number of amides is 1. The van der Waals surface area contributed by atoms with E-state index >= 15 is 0 Å². The van der Waals surface area contributed by atoms with Crippen LogP contribution in [0.4, 0.5) is 0 Å². The van der Waals surface area contributed by atoms with E-state index in [9.17, 15) is 10.1 Å². The largest absolute Gasteiger partial charge is 0.369 e. The van der Waals surface area contributed by atoms with Gasteiger partial charge in [-0.15, -0.1) is 0 Å². The van der Waals surface area contributed by atoms with Gasteiger partial charge in [-0.3, -0.25) is 9.69 Å². The van der Waals surface area contributed by atoms with E-state index in [4.69, 9.17) is 5.73 Å². The Kier molecular flexibility index (Phi) is 4.81. The van der Waals surface area contributed by atoms with Crippen LogP contribution in [0.2, 0.25) is 0 Å². The summed E-state index contributed by atoms with van der Waals surface area (Å²) < 4.78 is 0. The van der Waals surface area contributed by atoms with Crippen molar-refractivity contribution in [3.8, 4) is 6.07 Å². The fraction of sp³-hybridized carbons (Fsp3) is 0.867. The molecule has 3 atom stereocenters. The minimum Gasteiger partial charge on any atom is -0.369 e. The number of nitrogens with two attached hydrogens (primary N) is 1. The predicted octanol–water partition coefficient (Wildman–Crippen LogP) is 1.90. The number of carbonyl (C=O) groups excluding carboxylic acids is 1. The van der Waals surface area contributed by atoms with Crippen LogP contribution in [-0.2, 0) is 4.79 Å². The number of nitriles is 1. The third-order valence-electron chi connectivity index (χ3n) is 5.07. The Morgan fingerprint density at radius 1 is 1.32 bits per heavy atom. The molecule has 0 aromatic rings. The number of hydrogen-bond acceptors (Lipinski definition) is 3. The fourth-order valence-corrected chi connectivity index (χ4v) is 3.67. The van der Waals surface area contributed by atoms with Gasteiger partial charge in [0.15, 0.2) is 0 Å². The van der Waals surface area contributed by atoms with Crippen LogP contribution in [0, 0.1) is 29.1 Å². The molecular formula is C15H25N3O. The van der Waals surface area contributed by atoms with E-state index in [1.807, 2.05) is 0 Å². The molecule has 1 saturated carbocycles. The summed E-state index contributed by atoms with van der Waals surface area (Å²) in [5, 5.41) is 9.34. The Hall–Kier alpha value is -1.08. The van der Waals surface area contributed by atoms with Crippen LogP contribution in [0.5, 0.6) is 0 Å². The summed E-state index contributed by atoms with van der Waals surface area (Å²) in [6.07, 6.45) is 6.32. The zero-order valence-corrected chi connectivity index (χ0v) is 11.8. The van der Waals surface area contributed by atoms with Gasteiger partial charge in [0.05, 0.1) is 12.0 Å². The summed E-state index contributed by atoms with van der Waals surface area (Å²) in [6, 6.07) is 2.90. The zero-order chi connectivity index (χ0) is 13.8. The molecular weight excluding hydrogens is 238 g/mol. The minimum atomic E-state index is -0.161. The van der Waals surface area contributed by atoms with Crippen molar-refractivity contribution in [3.05, 3.63) is 0 Å². The first-order valence-electron chi connectivity index (χ1n) is 7.58. The summed E-state index contributed by atoms with van der Waals surface area (Å²) >= 11 is 0. The number of hydrogen-bond donors (Lipinski definition) is 1. The molecule has 4 nitrogen and oxygen atoms in total. The van der Waals surface area contributed by atoms with Gasteiger partial charge < -0.3 is 5.73 Å². The maximum Gasteiger partial charge on any atom is 0.220 e. The van der Waals surface area contributed by atoms with Crippen molar-refractivity contribution >= 4 is 5.91 Å². The number of rotatable bonds is 3. The van der Waals surface area contributed by atoms with Gasteiger partial charge in [-0.05, 0) is 51.1 Å². The molecule has 2 fully saturated rings. The molecule has 1 aliphatic carbocycles. The van der Waals surface area contributed by atoms with Gasteiger partial charge in [0.1, 0.15) is 0 Å². The maximum absolute atomic E-state index is 11.2. The van der Waals surface area contributed by atoms with Gasteiger partial charge in [-0.2, -0.15) is 5.26 Å². The molecule has 0 bridgehead atoms. The first kappa shape index (κ1) is 14.3. The zero-order valence-electron chi connectivity index (χ0n) is 11.8. The van der Waals surface area contributed by atoms with E-state index in [0.717, 1.165) is 44.7 Å². The van der Waals surface area contributed by atoms with Crippen LogP contribution in [0.3, 0.4) is 0 Å². The second kappa shape index (κ2) is 6.38. The molecule has 2 aliphatic rings. The van der Waals surface area contributed by atoms with Gasteiger partial charge in [0.25, 0.3) is 0 Å². The summed E-state index contributed by atoms with van der Waals surface area (Å²) in [5.74, 6) is 0.824. The van der Waals surface area contributed by atoms with Gasteiger partial charge >= 0.3 is 0 Å². The lowest BCUT2D eigenvalue weighted by molar-refractivity contribution is -0.123. The SMILES string of the molecule is CCC1CCC(C#N)C(N2CCC(C(N)=O)CC2)C1. The minimum absolute atomic E-state index is 0.0438. The molecule has 19 heavy (non-hydrogen) atoms. The summed E-state index contributed by atoms with van der Waals surface area (Å²) in [5.41, 5.74) is 5.38. The van der Waals surface area contributed by atoms with Crippen LogP contribution in [0.25, 0.3) is 0 Å². The molecule has 106 valence electrons. The fourth-order valence-electron chi connectivity index (χ4n) is 3.67. The average molecular weight is 263 g/mol. The van der Waals surface area contributed by atoms with Crippen LogP contribution in [-0.4, -0.2) is 29.9 Å².